The molecule has 1 amide bonds. The first-order chi connectivity index (χ1) is 10.2. The van der Waals surface area contributed by atoms with Gasteiger partial charge in [0.1, 0.15) is 0 Å². The van der Waals surface area contributed by atoms with Crippen LogP contribution in [0.3, 0.4) is 0 Å². The molecule has 0 saturated carbocycles. The number of carbonyl (C=O) groups is 1. The van der Waals surface area contributed by atoms with Crippen molar-refractivity contribution in [1.29, 1.82) is 0 Å². The van der Waals surface area contributed by atoms with E-state index in [1.807, 2.05) is 30.0 Å². The number of rotatable bonds is 3. The molecule has 0 bridgehead atoms. The van der Waals surface area contributed by atoms with E-state index < -0.39 is 5.79 Å². The van der Waals surface area contributed by atoms with Crippen LogP contribution in [0.25, 0.3) is 0 Å². The quantitative estimate of drug-likeness (QED) is 0.859. The summed E-state index contributed by atoms with van der Waals surface area (Å²) in [6, 6.07) is 5.94. The summed E-state index contributed by atoms with van der Waals surface area (Å²) >= 11 is 0. The summed E-state index contributed by atoms with van der Waals surface area (Å²) in [4.78, 5) is 14.5. The summed E-state index contributed by atoms with van der Waals surface area (Å²) in [5, 5.41) is 0. The first kappa shape index (κ1) is 14.5. The van der Waals surface area contributed by atoms with Gasteiger partial charge in [-0.2, -0.15) is 0 Å². The SMILES string of the molecule is CCC1(c2ccc(C(=O)N3CCCC3)c(C)c2)OCCO1. The molecule has 0 atom stereocenters. The van der Waals surface area contributed by atoms with Gasteiger partial charge in [-0.05, 0) is 37.5 Å². The van der Waals surface area contributed by atoms with Gasteiger partial charge in [0, 0.05) is 30.6 Å². The molecule has 114 valence electrons. The van der Waals surface area contributed by atoms with Crippen LogP contribution in [0.1, 0.15) is 47.7 Å². The van der Waals surface area contributed by atoms with Gasteiger partial charge in [0.05, 0.1) is 13.2 Å². The number of hydrogen-bond donors (Lipinski definition) is 0. The standard InChI is InChI=1S/C17H23NO3/c1-3-17(20-10-11-21-17)14-6-7-15(13(2)12-14)16(19)18-8-4-5-9-18/h6-7,12H,3-5,8-11H2,1-2H3. The predicted octanol–water partition coefficient (Wildman–Crippen LogP) is 2.84. The Balaban J connectivity index is 1.87. The summed E-state index contributed by atoms with van der Waals surface area (Å²) < 4.78 is 11.6. The second kappa shape index (κ2) is 5.78. The van der Waals surface area contributed by atoms with Gasteiger partial charge in [0.2, 0.25) is 0 Å². The van der Waals surface area contributed by atoms with Gasteiger partial charge in [-0.25, -0.2) is 0 Å². The molecule has 0 radical (unpaired) electrons. The molecule has 2 fully saturated rings. The molecule has 4 nitrogen and oxygen atoms in total. The van der Waals surface area contributed by atoms with E-state index >= 15 is 0 Å². The first-order valence-corrected chi connectivity index (χ1v) is 7.84. The van der Waals surface area contributed by atoms with Crippen LogP contribution in [0.5, 0.6) is 0 Å². The average molecular weight is 289 g/mol. The second-order valence-electron chi connectivity index (χ2n) is 5.83. The molecule has 21 heavy (non-hydrogen) atoms. The number of amides is 1. The topological polar surface area (TPSA) is 38.8 Å². The number of benzene rings is 1. The maximum absolute atomic E-state index is 12.5. The van der Waals surface area contributed by atoms with Crippen LogP contribution in [0.15, 0.2) is 18.2 Å². The van der Waals surface area contributed by atoms with E-state index in [4.69, 9.17) is 9.47 Å². The Kier molecular flexibility index (Phi) is 4.00. The molecule has 0 N–H and O–H groups in total. The molecule has 3 rings (SSSR count). The fraction of sp³-hybridized carbons (Fsp3) is 0.588. The molecule has 0 aromatic heterocycles. The van der Waals surface area contributed by atoms with E-state index in [9.17, 15) is 4.79 Å². The monoisotopic (exact) mass is 289 g/mol. The van der Waals surface area contributed by atoms with E-state index in [-0.39, 0.29) is 5.91 Å². The van der Waals surface area contributed by atoms with Gasteiger partial charge in [-0.1, -0.05) is 13.0 Å². The summed E-state index contributed by atoms with van der Waals surface area (Å²) in [6.07, 6.45) is 3.00. The fourth-order valence-electron chi connectivity index (χ4n) is 3.26. The summed E-state index contributed by atoms with van der Waals surface area (Å²) in [5.74, 6) is -0.477. The van der Waals surface area contributed by atoms with Crippen molar-refractivity contribution in [1.82, 2.24) is 4.90 Å². The Morgan fingerprint density at radius 3 is 2.48 bits per heavy atom. The normalized spacial score (nSPS) is 21.0. The highest BCUT2D eigenvalue weighted by atomic mass is 16.7. The number of nitrogens with zero attached hydrogens (tertiary/aromatic N) is 1. The van der Waals surface area contributed by atoms with Crippen molar-refractivity contribution in [2.45, 2.75) is 38.9 Å². The van der Waals surface area contributed by atoms with Crippen molar-refractivity contribution >= 4 is 5.91 Å². The Labute approximate surface area is 126 Å². The van der Waals surface area contributed by atoms with E-state index in [1.165, 1.54) is 0 Å². The minimum absolute atomic E-state index is 0.148. The molecule has 1 aromatic rings. The zero-order valence-corrected chi connectivity index (χ0v) is 12.9. The van der Waals surface area contributed by atoms with Crippen LogP contribution in [0.4, 0.5) is 0 Å². The lowest BCUT2D eigenvalue weighted by Crippen LogP contribution is -2.29. The van der Waals surface area contributed by atoms with Crippen LogP contribution in [0, 0.1) is 6.92 Å². The number of likely N-dealkylation sites (tertiary alicyclic amines) is 1. The molecule has 2 saturated heterocycles. The molecular weight excluding hydrogens is 266 g/mol. The Morgan fingerprint density at radius 1 is 1.24 bits per heavy atom. The highest BCUT2D eigenvalue weighted by molar-refractivity contribution is 5.95. The summed E-state index contributed by atoms with van der Waals surface area (Å²) in [5.41, 5.74) is 2.80. The molecule has 2 aliphatic rings. The van der Waals surface area contributed by atoms with Gasteiger partial charge in [-0.15, -0.1) is 0 Å². The lowest BCUT2D eigenvalue weighted by Gasteiger charge is -2.27. The minimum atomic E-state index is -0.625. The van der Waals surface area contributed by atoms with Crippen LogP contribution in [-0.2, 0) is 15.3 Å². The molecule has 1 aromatic carbocycles. The van der Waals surface area contributed by atoms with Crippen molar-refractivity contribution in [3.8, 4) is 0 Å². The molecule has 4 heteroatoms. The molecular formula is C17H23NO3. The Morgan fingerprint density at radius 2 is 1.90 bits per heavy atom. The maximum atomic E-state index is 12.5. The zero-order chi connectivity index (χ0) is 14.9. The van der Waals surface area contributed by atoms with Crippen LogP contribution >= 0.6 is 0 Å². The average Bonchev–Trinajstić information content (AvgIpc) is 3.18. The zero-order valence-electron chi connectivity index (χ0n) is 12.9. The fourth-order valence-corrected chi connectivity index (χ4v) is 3.26. The molecule has 2 heterocycles. The van der Waals surface area contributed by atoms with Crippen molar-refractivity contribution in [2.75, 3.05) is 26.3 Å². The Hall–Kier alpha value is -1.39. The second-order valence-corrected chi connectivity index (χ2v) is 5.83. The maximum Gasteiger partial charge on any atom is 0.254 e. The molecule has 0 unspecified atom stereocenters. The number of aryl methyl sites for hydroxylation is 1. The Bertz CT molecular complexity index is 529. The number of ether oxygens (including phenoxy) is 2. The van der Waals surface area contributed by atoms with E-state index in [0.29, 0.717) is 13.2 Å². The highest BCUT2D eigenvalue weighted by Gasteiger charge is 2.37. The van der Waals surface area contributed by atoms with Crippen molar-refractivity contribution in [3.05, 3.63) is 34.9 Å². The molecule has 2 aliphatic heterocycles. The smallest absolute Gasteiger partial charge is 0.254 e. The van der Waals surface area contributed by atoms with Crippen LogP contribution < -0.4 is 0 Å². The lowest BCUT2D eigenvalue weighted by molar-refractivity contribution is -0.167. The van der Waals surface area contributed by atoms with E-state index in [1.54, 1.807) is 0 Å². The third kappa shape index (κ3) is 2.58. The molecule has 0 aliphatic carbocycles. The minimum Gasteiger partial charge on any atom is -0.343 e. The van der Waals surface area contributed by atoms with Crippen LogP contribution in [-0.4, -0.2) is 37.1 Å². The van der Waals surface area contributed by atoms with E-state index in [2.05, 4.69) is 6.92 Å². The third-order valence-corrected chi connectivity index (χ3v) is 4.51. The van der Waals surface area contributed by atoms with Gasteiger partial charge in [-0.3, -0.25) is 4.79 Å². The summed E-state index contributed by atoms with van der Waals surface area (Å²) in [6.45, 7) is 7.06. The van der Waals surface area contributed by atoms with Gasteiger partial charge in [0.25, 0.3) is 5.91 Å². The van der Waals surface area contributed by atoms with Gasteiger partial charge >= 0.3 is 0 Å². The highest BCUT2D eigenvalue weighted by Crippen LogP contribution is 2.35. The lowest BCUT2D eigenvalue weighted by atomic mass is 9.97. The van der Waals surface area contributed by atoms with Crippen LogP contribution in [0.2, 0.25) is 0 Å². The third-order valence-electron chi connectivity index (χ3n) is 4.51. The van der Waals surface area contributed by atoms with Crippen molar-refractivity contribution in [2.24, 2.45) is 0 Å². The number of hydrogen-bond acceptors (Lipinski definition) is 3. The van der Waals surface area contributed by atoms with Crippen molar-refractivity contribution in [3.63, 3.8) is 0 Å². The van der Waals surface area contributed by atoms with E-state index in [0.717, 1.165) is 49.0 Å². The largest absolute Gasteiger partial charge is 0.343 e. The van der Waals surface area contributed by atoms with Gasteiger partial charge in [0.15, 0.2) is 5.79 Å². The molecule has 0 spiro atoms. The number of carbonyl (C=O) groups excluding carboxylic acids is 1. The first-order valence-electron chi connectivity index (χ1n) is 7.84. The predicted molar refractivity (Wildman–Crippen MR) is 80.2 cm³/mol. The summed E-state index contributed by atoms with van der Waals surface area (Å²) in [7, 11) is 0. The van der Waals surface area contributed by atoms with Gasteiger partial charge < -0.3 is 14.4 Å². The van der Waals surface area contributed by atoms with Crippen molar-refractivity contribution < 1.29 is 14.3 Å².